The standard InChI is InChI=1S/C26H27ClFN3O6S2/c27-24-18-20(8-13-25(24)28)31(39(35,36)22-6-2-1-3-7-22)19-26(32)29-14-17-37-21-9-11-23(12-10-21)38(33,34)30-15-4-5-16-30/h1-3,6-13,18H,4-5,14-17,19H2,(H,29,32). The van der Waals surface area contributed by atoms with E-state index in [1.807, 2.05) is 0 Å². The largest absolute Gasteiger partial charge is 0.492 e. The molecule has 0 saturated carbocycles. The average Bonchev–Trinajstić information content (AvgIpc) is 3.48. The maximum Gasteiger partial charge on any atom is 0.264 e. The molecule has 1 aliphatic rings. The van der Waals surface area contributed by atoms with Crippen LogP contribution in [0.2, 0.25) is 5.02 Å². The van der Waals surface area contributed by atoms with E-state index in [1.54, 1.807) is 18.2 Å². The summed E-state index contributed by atoms with van der Waals surface area (Å²) in [6, 6.07) is 17.0. The van der Waals surface area contributed by atoms with Crippen molar-refractivity contribution in [3.05, 3.63) is 83.6 Å². The van der Waals surface area contributed by atoms with E-state index in [4.69, 9.17) is 16.3 Å². The molecule has 4 rings (SSSR count). The topological polar surface area (TPSA) is 113 Å². The summed E-state index contributed by atoms with van der Waals surface area (Å²) in [6.45, 7) is 0.549. The van der Waals surface area contributed by atoms with Gasteiger partial charge >= 0.3 is 0 Å². The zero-order valence-electron chi connectivity index (χ0n) is 20.8. The van der Waals surface area contributed by atoms with Crippen molar-refractivity contribution in [1.82, 2.24) is 9.62 Å². The van der Waals surface area contributed by atoms with Gasteiger partial charge < -0.3 is 10.1 Å². The SMILES string of the molecule is O=C(CN(c1ccc(F)c(Cl)c1)S(=O)(=O)c1ccccc1)NCCOc1ccc(S(=O)(=O)N2CCCC2)cc1. The summed E-state index contributed by atoms with van der Waals surface area (Å²) in [4.78, 5) is 12.8. The molecule has 0 spiro atoms. The molecule has 39 heavy (non-hydrogen) atoms. The first kappa shape index (κ1) is 28.8. The summed E-state index contributed by atoms with van der Waals surface area (Å²) >= 11 is 5.87. The number of nitrogens with zero attached hydrogens (tertiary/aromatic N) is 2. The third-order valence-electron chi connectivity index (χ3n) is 6.03. The number of carbonyl (C=O) groups is 1. The lowest BCUT2D eigenvalue weighted by Crippen LogP contribution is -2.42. The Labute approximate surface area is 232 Å². The molecule has 0 unspecified atom stereocenters. The molecule has 0 aliphatic carbocycles. The lowest BCUT2D eigenvalue weighted by atomic mass is 10.3. The maximum atomic E-state index is 13.7. The number of benzene rings is 3. The Hall–Kier alpha value is -3.19. The van der Waals surface area contributed by atoms with Gasteiger partial charge in [-0.2, -0.15) is 4.31 Å². The highest BCUT2D eigenvalue weighted by Gasteiger charge is 2.28. The van der Waals surface area contributed by atoms with Crippen molar-refractivity contribution in [2.75, 3.05) is 37.1 Å². The Morgan fingerprint density at radius 3 is 2.26 bits per heavy atom. The number of ether oxygens (including phenoxy) is 1. The lowest BCUT2D eigenvalue weighted by molar-refractivity contribution is -0.119. The Balaban J connectivity index is 1.36. The third kappa shape index (κ3) is 6.88. The normalized spacial score (nSPS) is 14.2. The van der Waals surface area contributed by atoms with Gasteiger partial charge in [-0.3, -0.25) is 9.10 Å². The van der Waals surface area contributed by atoms with E-state index in [0.717, 1.165) is 29.3 Å². The number of halogens is 2. The third-order valence-corrected chi connectivity index (χ3v) is 10.0. The van der Waals surface area contributed by atoms with Crippen LogP contribution in [0.15, 0.2) is 82.6 Å². The van der Waals surface area contributed by atoms with Crippen molar-refractivity contribution >= 4 is 43.2 Å². The van der Waals surface area contributed by atoms with Gasteiger partial charge in [0.1, 0.15) is 24.7 Å². The van der Waals surface area contributed by atoms with Crippen molar-refractivity contribution in [3.63, 3.8) is 0 Å². The summed E-state index contributed by atoms with van der Waals surface area (Å²) in [5.74, 6) is -0.926. The van der Waals surface area contributed by atoms with Gasteiger partial charge in [-0.1, -0.05) is 29.8 Å². The molecule has 0 radical (unpaired) electrons. The van der Waals surface area contributed by atoms with Gasteiger partial charge in [0, 0.05) is 13.1 Å². The molecule has 0 aromatic heterocycles. The van der Waals surface area contributed by atoms with Gasteiger partial charge in [-0.05, 0) is 67.4 Å². The lowest BCUT2D eigenvalue weighted by Gasteiger charge is -2.24. The number of amides is 1. The summed E-state index contributed by atoms with van der Waals surface area (Å²) in [5, 5.41) is 2.31. The molecule has 1 saturated heterocycles. The molecule has 3 aromatic carbocycles. The van der Waals surface area contributed by atoms with E-state index in [2.05, 4.69) is 5.32 Å². The molecule has 1 amide bonds. The monoisotopic (exact) mass is 595 g/mol. The highest BCUT2D eigenvalue weighted by atomic mass is 35.5. The fourth-order valence-corrected chi connectivity index (χ4v) is 7.13. The second kappa shape index (κ2) is 12.3. The second-order valence-electron chi connectivity index (χ2n) is 8.70. The second-order valence-corrected chi connectivity index (χ2v) is 12.9. The fraction of sp³-hybridized carbons (Fsp3) is 0.269. The molecular formula is C26H27ClFN3O6S2. The molecule has 1 heterocycles. The highest BCUT2D eigenvalue weighted by molar-refractivity contribution is 7.92. The zero-order valence-corrected chi connectivity index (χ0v) is 23.2. The fourth-order valence-electron chi connectivity index (χ4n) is 4.01. The number of anilines is 1. The van der Waals surface area contributed by atoms with E-state index in [0.29, 0.717) is 18.8 Å². The van der Waals surface area contributed by atoms with Crippen LogP contribution in [0.3, 0.4) is 0 Å². The predicted octanol–water partition coefficient (Wildman–Crippen LogP) is 3.65. The van der Waals surface area contributed by atoms with Gasteiger partial charge in [-0.15, -0.1) is 0 Å². The molecule has 3 aromatic rings. The number of nitrogens with one attached hydrogen (secondary N) is 1. The van der Waals surface area contributed by atoms with Gasteiger partial charge in [0.05, 0.1) is 27.0 Å². The minimum atomic E-state index is -4.17. The summed E-state index contributed by atoms with van der Waals surface area (Å²) in [6.07, 6.45) is 1.69. The average molecular weight is 596 g/mol. The number of rotatable bonds is 11. The summed E-state index contributed by atoms with van der Waals surface area (Å²) in [7, 11) is -7.69. The smallest absolute Gasteiger partial charge is 0.264 e. The van der Waals surface area contributed by atoms with Crippen molar-refractivity contribution < 1.29 is 30.8 Å². The Kier molecular flexibility index (Phi) is 9.11. The molecule has 13 heteroatoms. The van der Waals surface area contributed by atoms with E-state index in [-0.39, 0.29) is 33.7 Å². The van der Waals surface area contributed by atoms with E-state index < -0.39 is 38.3 Å². The highest BCUT2D eigenvalue weighted by Crippen LogP contribution is 2.28. The van der Waals surface area contributed by atoms with Gasteiger partial charge in [0.15, 0.2) is 0 Å². The molecule has 1 N–H and O–H groups in total. The van der Waals surface area contributed by atoms with Crippen LogP contribution in [0.1, 0.15) is 12.8 Å². The minimum absolute atomic E-state index is 0.0284. The first-order chi connectivity index (χ1) is 18.6. The summed E-state index contributed by atoms with van der Waals surface area (Å²) < 4.78 is 73.5. The number of hydrogen-bond acceptors (Lipinski definition) is 6. The van der Waals surface area contributed by atoms with Crippen LogP contribution in [-0.2, 0) is 24.8 Å². The van der Waals surface area contributed by atoms with E-state index in [9.17, 15) is 26.0 Å². The van der Waals surface area contributed by atoms with Crippen LogP contribution < -0.4 is 14.4 Å². The Morgan fingerprint density at radius 2 is 1.62 bits per heavy atom. The van der Waals surface area contributed by atoms with Crippen molar-refractivity contribution in [2.45, 2.75) is 22.6 Å². The Bertz CT molecular complexity index is 1510. The molecule has 9 nitrogen and oxygen atoms in total. The molecular weight excluding hydrogens is 569 g/mol. The van der Waals surface area contributed by atoms with Crippen LogP contribution in [0, 0.1) is 5.82 Å². The van der Waals surface area contributed by atoms with Crippen LogP contribution in [0.5, 0.6) is 5.75 Å². The number of carbonyl (C=O) groups excluding carboxylic acids is 1. The number of sulfonamides is 2. The summed E-state index contributed by atoms with van der Waals surface area (Å²) in [5.41, 5.74) is 0.0284. The molecule has 0 atom stereocenters. The van der Waals surface area contributed by atoms with Crippen LogP contribution in [-0.4, -0.2) is 59.8 Å². The first-order valence-electron chi connectivity index (χ1n) is 12.1. The first-order valence-corrected chi connectivity index (χ1v) is 15.4. The molecule has 208 valence electrons. The van der Waals surface area contributed by atoms with Gasteiger partial charge in [0.25, 0.3) is 10.0 Å². The van der Waals surface area contributed by atoms with Crippen LogP contribution in [0.4, 0.5) is 10.1 Å². The van der Waals surface area contributed by atoms with Crippen molar-refractivity contribution in [3.8, 4) is 5.75 Å². The van der Waals surface area contributed by atoms with Crippen LogP contribution >= 0.6 is 11.6 Å². The van der Waals surface area contributed by atoms with Crippen molar-refractivity contribution in [1.29, 1.82) is 0 Å². The van der Waals surface area contributed by atoms with Crippen molar-refractivity contribution in [2.24, 2.45) is 0 Å². The minimum Gasteiger partial charge on any atom is -0.492 e. The number of hydrogen-bond donors (Lipinski definition) is 1. The quantitative estimate of drug-likeness (QED) is 0.339. The van der Waals surface area contributed by atoms with Crippen LogP contribution in [0.25, 0.3) is 0 Å². The Morgan fingerprint density at radius 1 is 0.949 bits per heavy atom. The molecule has 0 bridgehead atoms. The van der Waals surface area contributed by atoms with Gasteiger partial charge in [-0.25, -0.2) is 21.2 Å². The van der Waals surface area contributed by atoms with E-state index >= 15 is 0 Å². The van der Waals surface area contributed by atoms with Gasteiger partial charge in [0.2, 0.25) is 15.9 Å². The zero-order chi connectivity index (χ0) is 28.0. The maximum absolute atomic E-state index is 13.7. The van der Waals surface area contributed by atoms with E-state index in [1.165, 1.54) is 46.8 Å². The molecule has 1 aliphatic heterocycles. The molecule has 1 fully saturated rings. The predicted molar refractivity (Wildman–Crippen MR) is 145 cm³/mol.